The number of pyridine rings is 1. The van der Waals surface area contributed by atoms with E-state index in [0.717, 1.165) is 10.9 Å². The number of benzene rings is 2. The second-order valence-electron chi connectivity index (χ2n) is 6.49. The van der Waals surface area contributed by atoms with Crippen molar-refractivity contribution >= 4 is 28.4 Å². The van der Waals surface area contributed by atoms with E-state index in [9.17, 15) is 4.79 Å². The molecule has 1 N–H and O–H groups in total. The molecule has 2 aromatic carbocycles. The van der Waals surface area contributed by atoms with Crippen LogP contribution in [0.3, 0.4) is 0 Å². The molecule has 2 heterocycles. The van der Waals surface area contributed by atoms with E-state index in [1.165, 1.54) is 0 Å². The largest absolute Gasteiger partial charge is 0.497 e. The lowest BCUT2D eigenvalue weighted by atomic mass is 10.1. The minimum absolute atomic E-state index is 0.210. The number of anilines is 1. The maximum atomic E-state index is 13.0. The molecule has 0 saturated carbocycles. The molecule has 4 rings (SSSR count). The molecule has 29 heavy (non-hydrogen) atoms. The summed E-state index contributed by atoms with van der Waals surface area (Å²) in [6.45, 7) is 1.94. The molecule has 0 bridgehead atoms. The number of para-hydroxylation sites is 1. The summed E-state index contributed by atoms with van der Waals surface area (Å²) in [5.74, 6) is 0.778. The van der Waals surface area contributed by atoms with E-state index < -0.39 is 0 Å². The van der Waals surface area contributed by atoms with Crippen molar-refractivity contribution in [3.63, 3.8) is 0 Å². The first-order chi connectivity index (χ1) is 14.1. The molecule has 0 saturated heterocycles. The summed E-state index contributed by atoms with van der Waals surface area (Å²) in [7, 11) is 1.59. The molecule has 6 heteroatoms. The minimum Gasteiger partial charge on any atom is -0.497 e. The highest BCUT2D eigenvalue weighted by atomic mass is 16.5. The van der Waals surface area contributed by atoms with Gasteiger partial charge in [-0.05, 0) is 42.8 Å². The zero-order valence-corrected chi connectivity index (χ0v) is 16.0. The van der Waals surface area contributed by atoms with Crippen LogP contribution in [-0.2, 0) is 0 Å². The molecule has 0 aliphatic carbocycles. The van der Waals surface area contributed by atoms with Gasteiger partial charge >= 0.3 is 0 Å². The highest BCUT2D eigenvalue weighted by molar-refractivity contribution is 6.04. The highest BCUT2D eigenvalue weighted by Gasteiger charge is 2.13. The smallest absolute Gasteiger partial charge is 0.262 e. The number of hydrogen-bond acceptors (Lipinski definition) is 5. The van der Waals surface area contributed by atoms with Crippen LogP contribution in [0.25, 0.3) is 11.0 Å². The predicted molar refractivity (Wildman–Crippen MR) is 111 cm³/mol. The summed E-state index contributed by atoms with van der Waals surface area (Å²) < 4.78 is 11.2. The Kier molecular flexibility index (Phi) is 5.07. The second-order valence-corrected chi connectivity index (χ2v) is 6.49. The zero-order chi connectivity index (χ0) is 20.2. The van der Waals surface area contributed by atoms with Gasteiger partial charge in [-0.25, -0.2) is 9.98 Å². The molecule has 4 aromatic rings. The van der Waals surface area contributed by atoms with Crippen LogP contribution in [0.1, 0.15) is 15.9 Å². The van der Waals surface area contributed by atoms with Gasteiger partial charge in [-0.3, -0.25) is 4.79 Å². The molecule has 144 valence electrons. The lowest BCUT2D eigenvalue weighted by Gasteiger charge is -2.07. The van der Waals surface area contributed by atoms with Crippen molar-refractivity contribution in [1.82, 2.24) is 4.98 Å². The molecule has 0 unspecified atom stereocenters. The van der Waals surface area contributed by atoms with Gasteiger partial charge in [-0.15, -0.1) is 0 Å². The van der Waals surface area contributed by atoms with Crippen LogP contribution in [0, 0.1) is 6.92 Å². The molecule has 0 spiro atoms. The number of carbonyl (C=O) groups excluding carboxylic acids is 1. The van der Waals surface area contributed by atoms with E-state index in [1.807, 2.05) is 55.5 Å². The maximum absolute atomic E-state index is 13.0. The topological polar surface area (TPSA) is 76.7 Å². The Hall–Kier alpha value is -3.93. The van der Waals surface area contributed by atoms with Gasteiger partial charge in [-0.1, -0.05) is 30.3 Å². The van der Waals surface area contributed by atoms with Crippen LogP contribution in [0.2, 0.25) is 0 Å². The molecule has 6 nitrogen and oxygen atoms in total. The van der Waals surface area contributed by atoms with Gasteiger partial charge in [0.1, 0.15) is 22.7 Å². The fourth-order valence-electron chi connectivity index (χ4n) is 2.84. The van der Waals surface area contributed by atoms with E-state index in [0.29, 0.717) is 28.4 Å². The number of fused-ring (bicyclic) bond motifs is 1. The summed E-state index contributed by atoms with van der Waals surface area (Å²) in [5.41, 5.74) is 2.79. The lowest BCUT2D eigenvalue weighted by molar-refractivity contribution is 0.102. The van der Waals surface area contributed by atoms with E-state index in [2.05, 4.69) is 15.3 Å². The maximum Gasteiger partial charge on any atom is 0.262 e. The normalized spacial score (nSPS) is 11.4. The predicted octanol–water partition coefficient (Wildman–Crippen LogP) is 4.63. The number of aromatic nitrogens is 1. The summed E-state index contributed by atoms with van der Waals surface area (Å²) >= 11 is 0. The molecule has 0 aliphatic rings. The van der Waals surface area contributed by atoms with Crippen molar-refractivity contribution in [3.8, 4) is 5.75 Å². The number of carbonyl (C=O) groups is 1. The zero-order valence-electron chi connectivity index (χ0n) is 16.0. The van der Waals surface area contributed by atoms with Crippen LogP contribution in [0.4, 0.5) is 11.5 Å². The summed E-state index contributed by atoms with van der Waals surface area (Å²) in [4.78, 5) is 21.8. The van der Waals surface area contributed by atoms with Gasteiger partial charge in [0.2, 0.25) is 5.55 Å². The molecule has 0 aliphatic heterocycles. The number of nitrogens with one attached hydrogen (secondary N) is 1. The number of methoxy groups -OCH3 is 1. The van der Waals surface area contributed by atoms with Crippen molar-refractivity contribution in [3.05, 3.63) is 89.6 Å². The number of amides is 1. The molecule has 1 amide bonds. The third-order valence-corrected chi connectivity index (χ3v) is 4.34. The van der Waals surface area contributed by atoms with Crippen LogP contribution in [-0.4, -0.2) is 18.0 Å². The third-order valence-electron chi connectivity index (χ3n) is 4.34. The van der Waals surface area contributed by atoms with E-state index in [1.54, 1.807) is 31.5 Å². The Morgan fingerprint density at radius 3 is 2.72 bits per heavy atom. The lowest BCUT2D eigenvalue weighted by Crippen LogP contribution is -2.22. The summed E-state index contributed by atoms with van der Waals surface area (Å²) in [5, 5.41) is 3.61. The van der Waals surface area contributed by atoms with E-state index >= 15 is 0 Å². The first kappa shape index (κ1) is 18.4. The number of rotatable bonds is 4. The van der Waals surface area contributed by atoms with Crippen LogP contribution in [0.15, 0.2) is 82.3 Å². The van der Waals surface area contributed by atoms with Gasteiger partial charge in [-0.2, -0.15) is 0 Å². The van der Waals surface area contributed by atoms with Crippen molar-refractivity contribution in [1.29, 1.82) is 0 Å². The molecular weight excluding hydrogens is 366 g/mol. The Morgan fingerprint density at radius 2 is 1.93 bits per heavy atom. The van der Waals surface area contributed by atoms with Crippen molar-refractivity contribution in [2.45, 2.75) is 6.92 Å². The fraction of sp³-hybridized carbons (Fsp3) is 0.0870. The Bertz CT molecular complexity index is 1240. The molecular formula is C23H19N3O3. The standard InChI is InChI=1S/C23H19N3O3/c1-15-10-11-21(24-14-15)26-22(27)19-12-16-6-3-4-9-20(16)29-23(19)25-17-7-5-8-18(13-17)28-2/h3-14H,1-2H3,(H,24,26,27). The van der Waals surface area contributed by atoms with Crippen molar-refractivity contribution in [2.24, 2.45) is 4.99 Å². The van der Waals surface area contributed by atoms with Gasteiger partial charge in [0, 0.05) is 17.6 Å². The monoisotopic (exact) mass is 385 g/mol. The highest BCUT2D eigenvalue weighted by Crippen LogP contribution is 2.20. The Balaban J connectivity index is 1.82. The molecule has 2 aromatic heterocycles. The van der Waals surface area contributed by atoms with Gasteiger partial charge in [0.05, 0.1) is 12.8 Å². The quantitative estimate of drug-likeness (QED) is 0.556. The Morgan fingerprint density at radius 1 is 1.07 bits per heavy atom. The summed E-state index contributed by atoms with van der Waals surface area (Å²) in [6.07, 6.45) is 1.70. The second kappa shape index (κ2) is 7.98. The van der Waals surface area contributed by atoms with Crippen LogP contribution >= 0.6 is 0 Å². The van der Waals surface area contributed by atoms with Crippen molar-refractivity contribution < 1.29 is 13.9 Å². The first-order valence-corrected chi connectivity index (χ1v) is 9.08. The number of aryl methyl sites for hydroxylation is 1. The van der Waals surface area contributed by atoms with Crippen molar-refractivity contribution in [2.75, 3.05) is 12.4 Å². The van der Waals surface area contributed by atoms with Gasteiger partial charge in [0.25, 0.3) is 5.91 Å². The molecule has 0 fully saturated rings. The first-order valence-electron chi connectivity index (χ1n) is 9.08. The van der Waals surface area contributed by atoms with Gasteiger partial charge in [0.15, 0.2) is 0 Å². The summed E-state index contributed by atoms with van der Waals surface area (Å²) in [6, 6.07) is 20.1. The Labute approximate surface area is 167 Å². The number of hydrogen-bond donors (Lipinski definition) is 1. The van der Waals surface area contributed by atoms with Crippen LogP contribution < -0.4 is 15.6 Å². The average molecular weight is 385 g/mol. The average Bonchev–Trinajstić information content (AvgIpc) is 2.75. The third kappa shape index (κ3) is 4.16. The van der Waals surface area contributed by atoms with E-state index in [-0.39, 0.29) is 11.5 Å². The molecule has 0 atom stereocenters. The number of ether oxygens (including phenoxy) is 1. The fourth-order valence-corrected chi connectivity index (χ4v) is 2.84. The van der Waals surface area contributed by atoms with Crippen LogP contribution in [0.5, 0.6) is 5.75 Å². The SMILES string of the molecule is COc1cccc(N=c2oc3ccccc3cc2C(=O)Nc2ccc(C)cn2)c1. The van der Waals surface area contributed by atoms with E-state index in [4.69, 9.17) is 9.15 Å². The number of nitrogens with zero attached hydrogens (tertiary/aromatic N) is 2. The molecule has 0 radical (unpaired) electrons. The minimum atomic E-state index is -0.350. The van der Waals surface area contributed by atoms with Gasteiger partial charge < -0.3 is 14.5 Å².